The van der Waals surface area contributed by atoms with Crippen LogP contribution in [0.5, 0.6) is 5.75 Å². The van der Waals surface area contributed by atoms with Gasteiger partial charge >= 0.3 is 5.97 Å². The van der Waals surface area contributed by atoms with Gasteiger partial charge in [-0.2, -0.15) is 0 Å². The molecule has 2 aromatic carbocycles. The number of rotatable bonds is 3. The van der Waals surface area contributed by atoms with Gasteiger partial charge in [-0.15, -0.1) is 0 Å². The lowest BCUT2D eigenvalue weighted by Crippen LogP contribution is -2.49. The largest absolute Gasteiger partial charge is 0.482 e. The quantitative estimate of drug-likeness (QED) is 0.917. The Morgan fingerprint density at radius 3 is 2.50 bits per heavy atom. The fourth-order valence-electron chi connectivity index (χ4n) is 3.87. The maximum Gasteiger partial charge on any atom is 0.317 e. The van der Waals surface area contributed by atoms with E-state index in [1.54, 1.807) is 0 Å². The predicted octanol–water partition coefficient (Wildman–Crippen LogP) is 3.74. The van der Waals surface area contributed by atoms with E-state index in [0.717, 1.165) is 37.2 Å². The molecular weight excluding hydrogens is 326 g/mol. The maximum absolute atomic E-state index is 11.0. The van der Waals surface area contributed by atoms with Crippen LogP contribution in [-0.4, -0.2) is 41.2 Å². The van der Waals surface area contributed by atoms with Crippen LogP contribution >= 0.6 is 0 Å². The van der Waals surface area contributed by atoms with E-state index in [1.165, 1.54) is 16.7 Å². The highest BCUT2D eigenvalue weighted by Crippen LogP contribution is 2.43. The molecule has 0 aliphatic carbocycles. The van der Waals surface area contributed by atoms with Crippen LogP contribution < -0.4 is 4.74 Å². The van der Waals surface area contributed by atoms with Crippen molar-refractivity contribution in [2.45, 2.75) is 25.4 Å². The molecule has 0 saturated carbocycles. The van der Waals surface area contributed by atoms with Crippen molar-refractivity contribution in [3.63, 3.8) is 0 Å². The number of fused-ring (bicyclic) bond motifs is 1. The summed E-state index contributed by atoms with van der Waals surface area (Å²) in [7, 11) is 0. The fourth-order valence-corrected chi connectivity index (χ4v) is 3.87. The standard InChI is InChI=1S/C22H23NO3/c1-16-6-8-17(9-7-16)19-14-22(26-20-5-3-2-4-18(19)20)10-12-23(13-11-22)15-21(24)25/h2-9,14H,10-13,15H2,1H3,(H,24,25). The number of piperidine rings is 1. The van der Waals surface area contributed by atoms with Gasteiger partial charge in [0.05, 0.1) is 6.54 Å². The number of hydrogen-bond donors (Lipinski definition) is 1. The van der Waals surface area contributed by atoms with Crippen molar-refractivity contribution >= 4 is 11.5 Å². The third kappa shape index (κ3) is 3.25. The summed E-state index contributed by atoms with van der Waals surface area (Å²) < 4.78 is 6.44. The average molecular weight is 349 g/mol. The molecule has 134 valence electrons. The first kappa shape index (κ1) is 16.9. The summed E-state index contributed by atoms with van der Waals surface area (Å²) in [5.41, 5.74) is 4.40. The molecule has 4 heteroatoms. The molecule has 1 saturated heterocycles. The second-order valence-corrected chi connectivity index (χ2v) is 7.26. The Kier molecular flexibility index (Phi) is 4.29. The summed E-state index contributed by atoms with van der Waals surface area (Å²) >= 11 is 0. The Morgan fingerprint density at radius 2 is 1.81 bits per heavy atom. The summed E-state index contributed by atoms with van der Waals surface area (Å²) in [6.07, 6.45) is 3.85. The van der Waals surface area contributed by atoms with Crippen LogP contribution in [0.2, 0.25) is 0 Å². The van der Waals surface area contributed by atoms with E-state index in [-0.39, 0.29) is 12.1 Å². The number of ether oxygens (including phenoxy) is 1. The molecule has 26 heavy (non-hydrogen) atoms. The highest BCUT2D eigenvalue weighted by molar-refractivity contribution is 5.84. The van der Waals surface area contributed by atoms with Crippen molar-refractivity contribution in [1.29, 1.82) is 0 Å². The number of hydrogen-bond acceptors (Lipinski definition) is 3. The molecule has 4 nitrogen and oxygen atoms in total. The van der Waals surface area contributed by atoms with Crippen LogP contribution in [0.3, 0.4) is 0 Å². The molecule has 2 heterocycles. The number of aliphatic carboxylic acids is 1. The van der Waals surface area contributed by atoms with E-state index in [0.29, 0.717) is 0 Å². The summed E-state index contributed by atoms with van der Waals surface area (Å²) in [5.74, 6) is 0.143. The normalized spacial score (nSPS) is 18.7. The van der Waals surface area contributed by atoms with Crippen molar-refractivity contribution < 1.29 is 14.6 Å². The third-order valence-corrected chi connectivity index (χ3v) is 5.32. The first-order valence-electron chi connectivity index (χ1n) is 9.07. The predicted molar refractivity (Wildman–Crippen MR) is 101 cm³/mol. The maximum atomic E-state index is 11.0. The van der Waals surface area contributed by atoms with Crippen molar-refractivity contribution in [2.75, 3.05) is 19.6 Å². The lowest BCUT2D eigenvalue weighted by Gasteiger charge is -2.42. The van der Waals surface area contributed by atoms with Gasteiger partial charge in [0.1, 0.15) is 11.4 Å². The van der Waals surface area contributed by atoms with Gasteiger partial charge in [0.15, 0.2) is 0 Å². The number of carboxylic acids is 1. The molecule has 0 radical (unpaired) electrons. The van der Waals surface area contributed by atoms with Crippen LogP contribution in [0.15, 0.2) is 54.6 Å². The molecule has 1 spiro atoms. The molecule has 0 bridgehead atoms. The first-order chi connectivity index (χ1) is 12.5. The van der Waals surface area contributed by atoms with E-state index in [9.17, 15) is 4.79 Å². The number of para-hydroxylation sites is 1. The zero-order chi connectivity index (χ0) is 18.1. The molecule has 0 atom stereocenters. The number of carboxylic acid groups (broad SMARTS) is 1. The first-order valence-corrected chi connectivity index (χ1v) is 9.07. The Bertz CT molecular complexity index is 846. The van der Waals surface area contributed by atoms with Crippen molar-refractivity contribution in [3.05, 3.63) is 71.3 Å². The van der Waals surface area contributed by atoms with E-state index in [4.69, 9.17) is 9.84 Å². The molecule has 0 amide bonds. The van der Waals surface area contributed by atoms with Crippen LogP contribution in [-0.2, 0) is 4.79 Å². The zero-order valence-electron chi connectivity index (χ0n) is 14.9. The second kappa shape index (κ2) is 6.61. The van der Waals surface area contributed by atoms with Crippen LogP contribution in [0, 0.1) is 6.92 Å². The summed E-state index contributed by atoms with van der Waals surface area (Å²) in [6.45, 7) is 3.65. The van der Waals surface area contributed by atoms with Gasteiger partial charge in [-0.1, -0.05) is 48.0 Å². The molecule has 2 aliphatic heterocycles. The number of likely N-dealkylation sites (tertiary alicyclic amines) is 1. The number of benzene rings is 2. The van der Waals surface area contributed by atoms with Crippen LogP contribution in [0.1, 0.15) is 29.5 Å². The zero-order valence-corrected chi connectivity index (χ0v) is 14.9. The minimum atomic E-state index is -0.772. The topological polar surface area (TPSA) is 49.8 Å². The van der Waals surface area contributed by atoms with Gasteiger partial charge in [-0.05, 0) is 30.2 Å². The smallest absolute Gasteiger partial charge is 0.317 e. The van der Waals surface area contributed by atoms with E-state index >= 15 is 0 Å². The van der Waals surface area contributed by atoms with Crippen molar-refractivity contribution in [3.8, 4) is 5.75 Å². The second-order valence-electron chi connectivity index (χ2n) is 7.26. The molecule has 1 N–H and O–H groups in total. The monoisotopic (exact) mass is 349 g/mol. The van der Waals surface area contributed by atoms with E-state index < -0.39 is 5.97 Å². The Balaban J connectivity index is 1.69. The summed E-state index contributed by atoms with van der Waals surface area (Å²) in [5, 5.41) is 9.03. The Morgan fingerprint density at radius 1 is 1.12 bits per heavy atom. The van der Waals surface area contributed by atoms with Gasteiger partial charge in [0, 0.05) is 31.5 Å². The van der Waals surface area contributed by atoms with Gasteiger partial charge in [-0.25, -0.2) is 0 Å². The average Bonchev–Trinajstić information content (AvgIpc) is 2.64. The van der Waals surface area contributed by atoms with E-state index in [1.807, 2.05) is 23.1 Å². The molecule has 2 aliphatic rings. The molecular formula is C22H23NO3. The minimum Gasteiger partial charge on any atom is -0.482 e. The fraction of sp³-hybridized carbons (Fsp3) is 0.318. The Labute approximate surface area is 153 Å². The lowest BCUT2D eigenvalue weighted by atomic mass is 9.83. The molecule has 1 fully saturated rings. The van der Waals surface area contributed by atoms with E-state index in [2.05, 4.69) is 43.3 Å². The number of aryl methyl sites for hydroxylation is 1. The van der Waals surface area contributed by atoms with Gasteiger partial charge < -0.3 is 9.84 Å². The van der Waals surface area contributed by atoms with Crippen molar-refractivity contribution in [1.82, 2.24) is 4.90 Å². The Hall–Kier alpha value is -2.59. The number of carbonyl (C=O) groups is 1. The summed E-state index contributed by atoms with van der Waals surface area (Å²) in [6, 6.07) is 16.8. The highest BCUT2D eigenvalue weighted by atomic mass is 16.5. The van der Waals surface area contributed by atoms with Crippen LogP contribution in [0.4, 0.5) is 0 Å². The molecule has 0 aromatic heterocycles. The number of nitrogens with zero attached hydrogens (tertiary/aromatic N) is 1. The highest BCUT2D eigenvalue weighted by Gasteiger charge is 2.39. The molecule has 2 aromatic rings. The SMILES string of the molecule is Cc1ccc(C2=CC3(CCN(CC(=O)O)CC3)Oc3ccccc32)cc1. The third-order valence-electron chi connectivity index (χ3n) is 5.32. The van der Waals surface area contributed by atoms with Crippen LogP contribution in [0.25, 0.3) is 5.57 Å². The van der Waals surface area contributed by atoms with Crippen molar-refractivity contribution in [2.24, 2.45) is 0 Å². The van der Waals surface area contributed by atoms with Gasteiger partial charge in [0.2, 0.25) is 0 Å². The minimum absolute atomic E-state index is 0.0984. The lowest BCUT2D eigenvalue weighted by molar-refractivity contribution is -0.139. The molecule has 4 rings (SSSR count). The summed E-state index contributed by atoms with van der Waals surface area (Å²) in [4.78, 5) is 13.0. The van der Waals surface area contributed by atoms with Gasteiger partial charge in [-0.3, -0.25) is 9.69 Å². The van der Waals surface area contributed by atoms with Gasteiger partial charge in [0.25, 0.3) is 0 Å². The molecule has 0 unspecified atom stereocenters.